The summed E-state index contributed by atoms with van der Waals surface area (Å²) in [5.74, 6) is 0.669. The molecule has 0 radical (unpaired) electrons. The fourth-order valence-electron chi connectivity index (χ4n) is 3.15. The van der Waals surface area contributed by atoms with Crippen LogP contribution in [0.5, 0.6) is 0 Å². The molecule has 0 atom stereocenters. The third-order valence-electron chi connectivity index (χ3n) is 4.54. The normalized spacial score (nSPS) is 21.0. The molecule has 0 unspecified atom stereocenters. The van der Waals surface area contributed by atoms with Gasteiger partial charge in [0, 0.05) is 17.6 Å². The summed E-state index contributed by atoms with van der Waals surface area (Å²) in [6, 6.07) is 17.7. The third kappa shape index (κ3) is 3.48. The Hall–Kier alpha value is -1.31. The van der Waals surface area contributed by atoms with Crippen LogP contribution in [0.25, 0.3) is 0 Å². The van der Waals surface area contributed by atoms with Gasteiger partial charge in [-0.2, -0.15) is 0 Å². The standard InChI is InChI=1S/C19H22ClN/c1-2-14-6-3-4-7-16(14)13-21-19-11-17(12-19)15-8-5-9-18(20)10-15/h3-10,17,19,21H,2,11-13H2,1H3. The first kappa shape index (κ1) is 14.6. The van der Waals surface area contributed by atoms with Gasteiger partial charge in [0.25, 0.3) is 0 Å². The SMILES string of the molecule is CCc1ccccc1CNC1CC(c2cccc(Cl)c2)C1. The highest BCUT2D eigenvalue weighted by molar-refractivity contribution is 6.30. The van der Waals surface area contributed by atoms with E-state index >= 15 is 0 Å². The summed E-state index contributed by atoms with van der Waals surface area (Å²) in [6.45, 7) is 3.20. The van der Waals surface area contributed by atoms with Crippen molar-refractivity contribution in [3.8, 4) is 0 Å². The average molecular weight is 300 g/mol. The molecule has 0 saturated heterocycles. The van der Waals surface area contributed by atoms with Gasteiger partial charge in [-0.3, -0.25) is 0 Å². The maximum Gasteiger partial charge on any atom is 0.0408 e. The lowest BCUT2D eigenvalue weighted by Gasteiger charge is -2.36. The van der Waals surface area contributed by atoms with E-state index in [1.807, 2.05) is 6.07 Å². The predicted molar refractivity (Wildman–Crippen MR) is 89.9 cm³/mol. The van der Waals surface area contributed by atoms with Gasteiger partial charge < -0.3 is 5.32 Å². The van der Waals surface area contributed by atoms with Crippen molar-refractivity contribution >= 4 is 11.6 Å². The lowest BCUT2D eigenvalue weighted by Crippen LogP contribution is -2.39. The second kappa shape index (κ2) is 6.64. The van der Waals surface area contributed by atoms with Gasteiger partial charge in [-0.15, -0.1) is 0 Å². The molecule has 0 amide bonds. The van der Waals surface area contributed by atoms with Crippen LogP contribution in [0.3, 0.4) is 0 Å². The number of halogens is 1. The molecule has 1 aliphatic rings. The Labute approximate surface area is 132 Å². The minimum absolute atomic E-state index is 0.638. The lowest BCUT2D eigenvalue weighted by molar-refractivity contribution is 0.289. The Kier molecular flexibility index (Phi) is 4.62. The summed E-state index contributed by atoms with van der Waals surface area (Å²) in [4.78, 5) is 0. The van der Waals surface area contributed by atoms with E-state index in [4.69, 9.17) is 11.6 Å². The monoisotopic (exact) mass is 299 g/mol. The third-order valence-corrected chi connectivity index (χ3v) is 4.77. The molecule has 1 nitrogen and oxygen atoms in total. The molecule has 1 N–H and O–H groups in total. The van der Waals surface area contributed by atoms with Gasteiger partial charge in [0.05, 0.1) is 0 Å². The molecule has 2 aromatic carbocycles. The highest BCUT2D eigenvalue weighted by Gasteiger charge is 2.29. The fourth-order valence-corrected chi connectivity index (χ4v) is 3.35. The summed E-state index contributed by atoms with van der Waals surface area (Å²) >= 11 is 6.07. The quantitative estimate of drug-likeness (QED) is 0.824. The predicted octanol–water partition coefficient (Wildman–Crippen LogP) is 4.94. The molecule has 0 spiro atoms. The summed E-state index contributed by atoms with van der Waals surface area (Å²) in [7, 11) is 0. The summed E-state index contributed by atoms with van der Waals surface area (Å²) in [5, 5.41) is 4.54. The maximum atomic E-state index is 6.07. The topological polar surface area (TPSA) is 12.0 Å². The van der Waals surface area contributed by atoms with Crippen LogP contribution in [0.1, 0.15) is 42.4 Å². The van der Waals surface area contributed by atoms with Crippen LogP contribution < -0.4 is 5.32 Å². The van der Waals surface area contributed by atoms with Crippen LogP contribution in [0, 0.1) is 0 Å². The van der Waals surface area contributed by atoms with Crippen molar-refractivity contribution in [2.24, 2.45) is 0 Å². The van der Waals surface area contributed by atoms with Crippen molar-refractivity contribution in [1.29, 1.82) is 0 Å². The van der Waals surface area contributed by atoms with Crippen LogP contribution in [0.2, 0.25) is 5.02 Å². The van der Waals surface area contributed by atoms with Crippen molar-refractivity contribution < 1.29 is 0 Å². The van der Waals surface area contributed by atoms with E-state index in [1.54, 1.807) is 0 Å². The molecule has 0 aromatic heterocycles. The number of hydrogen-bond donors (Lipinski definition) is 1. The van der Waals surface area contributed by atoms with E-state index in [1.165, 1.54) is 29.5 Å². The molecule has 1 saturated carbocycles. The molecule has 0 aliphatic heterocycles. The first-order valence-electron chi connectivity index (χ1n) is 7.82. The second-order valence-electron chi connectivity index (χ2n) is 5.92. The van der Waals surface area contributed by atoms with E-state index in [-0.39, 0.29) is 0 Å². The van der Waals surface area contributed by atoms with E-state index in [2.05, 4.69) is 54.7 Å². The zero-order valence-corrected chi connectivity index (χ0v) is 13.2. The van der Waals surface area contributed by atoms with Gasteiger partial charge in [-0.1, -0.05) is 54.9 Å². The summed E-state index contributed by atoms with van der Waals surface area (Å²) in [6.07, 6.45) is 3.54. The molecule has 1 aliphatic carbocycles. The fraction of sp³-hybridized carbons (Fsp3) is 0.368. The minimum atomic E-state index is 0.638. The minimum Gasteiger partial charge on any atom is -0.310 e. The molecule has 3 rings (SSSR count). The Morgan fingerprint density at radius 3 is 2.52 bits per heavy atom. The molecule has 2 aromatic rings. The van der Waals surface area contributed by atoms with Crippen molar-refractivity contribution in [2.75, 3.05) is 0 Å². The van der Waals surface area contributed by atoms with Crippen molar-refractivity contribution in [2.45, 2.75) is 44.7 Å². The molecule has 0 heterocycles. The van der Waals surface area contributed by atoms with E-state index in [0.29, 0.717) is 12.0 Å². The molecular formula is C19H22ClN. The highest BCUT2D eigenvalue weighted by Crippen LogP contribution is 2.37. The first-order chi connectivity index (χ1) is 10.3. The van der Waals surface area contributed by atoms with Gasteiger partial charge in [0.15, 0.2) is 0 Å². The van der Waals surface area contributed by atoms with Crippen molar-refractivity contribution in [3.63, 3.8) is 0 Å². The number of aryl methyl sites for hydroxylation is 1. The Morgan fingerprint density at radius 2 is 1.81 bits per heavy atom. The lowest BCUT2D eigenvalue weighted by atomic mass is 9.76. The van der Waals surface area contributed by atoms with Crippen molar-refractivity contribution in [3.05, 3.63) is 70.2 Å². The first-order valence-corrected chi connectivity index (χ1v) is 8.19. The molecule has 0 bridgehead atoms. The van der Waals surface area contributed by atoms with Crippen LogP contribution in [0.4, 0.5) is 0 Å². The Morgan fingerprint density at radius 1 is 1.05 bits per heavy atom. The smallest absolute Gasteiger partial charge is 0.0408 e. The van der Waals surface area contributed by atoms with Gasteiger partial charge in [0.2, 0.25) is 0 Å². The van der Waals surface area contributed by atoms with E-state index in [9.17, 15) is 0 Å². The highest BCUT2D eigenvalue weighted by atomic mass is 35.5. The second-order valence-corrected chi connectivity index (χ2v) is 6.36. The number of rotatable bonds is 5. The van der Waals surface area contributed by atoms with E-state index < -0.39 is 0 Å². The largest absolute Gasteiger partial charge is 0.310 e. The number of hydrogen-bond acceptors (Lipinski definition) is 1. The maximum absolute atomic E-state index is 6.07. The molecule has 1 fully saturated rings. The molecule has 110 valence electrons. The van der Waals surface area contributed by atoms with Crippen LogP contribution in [0.15, 0.2) is 48.5 Å². The number of benzene rings is 2. The summed E-state index contributed by atoms with van der Waals surface area (Å²) in [5.41, 5.74) is 4.27. The molecule has 2 heteroatoms. The Bertz CT molecular complexity index is 602. The zero-order valence-electron chi connectivity index (χ0n) is 12.5. The van der Waals surface area contributed by atoms with E-state index in [0.717, 1.165) is 18.0 Å². The molecule has 21 heavy (non-hydrogen) atoms. The summed E-state index contributed by atoms with van der Waals surface area (Å²) < 4.78 is 0. The average Bonchev–Trinajstić information content (AvgIpc) is 2.46. The van der Waals surface area contributed by atoms with Gasteiger partial charge in [-0.25, -0.2) is 0 Å². The van der Waals surface area contributed by atoms with Gasteiger partial charge in [0.1, 0.15) is 0 Å². The van der Waals surface area contributed by atoms with Crippen LogP contribution in [-0.4, -0.2) is 6.04 Å². The zero-order chi connectivity index (χ0) is 14.7. The van der Waals surface area contributed by atoms with Gasteiger partial charge >= 0.3 is 0 Å². The van der Waals surface area contributed by atoms with Crippen molar-refractivity contribution in [1.82, 2.24) is 5.32 Å². The van der Waals surface area contributed by atoms with Gasteiger partial charge in [-0.05, 0) is 54.0 Å². The Balaban J connectivity index is 1.51. The molecular weight excluding hydrogens is 278 g/mol. The van der Waals surface area contributed by atoms with Crippen LogP contribution >= 0.6 is 11.6 Å². The number of nitrogens with one attached hydrogen (secondary N) is 1. The van der Waals surface area contributed by atoms with Crippen LogP contribution in [-0.2, 0) is 13.0 Å².